The molecular weight excluding hydrogens is 365 g/mol. The average Bonchev–Trinajstić information content (AvgIpc) is 2.68. The van der Waals surface area contributed by atoms with Gasteiger partial charge in [0.05, 0.1) is 7.11 Å². The van der Waals surface area contributed by atoms with Crippen molar-refractivity contribution in [3.05, 3.63) is 78.2 Å². The first-order chi connectivity index (χ1) is 13.1. The fourth-order valence-electron chi connectivity index (χ4n) is 2.32. The second-order valence-corrected chi connectivity index (χ2v) is 5.97. The lowest BCUT2D eigenvalue weighted by Crippen LogP contribution is -2.28. The fourth-order valence-corrected chi connectivity index (χ4v) is 2.51. The maximum Gasteiger partial charge on any atom is 0.224 e. The molecule has 0 aliphatic rings. The van der Waals surface area contributed by atoms with Crippen molar-refractivity contribution in [2.45, 2.75) is 6.54 Å². The molecule has 138 valence electrons. The molecule has 2 aromatic carbocycles. The first-order valence-corrected chi connectivity index (χ1v) is 8.61. The summed E-state index contributed by atoms with van der Waals surface area (Å²) in [5.74, 6) is 1.18. The van der Waals surface area contributed by atoms with E-state index in [1.54, 1.807) is 31.5 Å². The topological polar surface area (TPSA) is 55.4 Å². The summed E-state index contributed by atoms with van der Waals surface area (Å²) >= 11 is 5.32. The summed E-state index contributed by atoms with van der Waals surface area (Å²) in [4.78, 5) is 4.22. The quantitative estimate of drug-likeness (QED) is 0.611. The van der Waals surface area contributed by atoms with E-state index in [2.05, 4.69) is 15.6 Å². The smallest absolute Gasteiger partial charge is 0.224 e. The number of hydrogen-bond acceptors (Lipinski definition) is 4. The summed E-state index contributed by atoms with van der Waals surface area (Å²) in [6.45, 7) is 0.403. The minimum absolute atomic E-state index is 0.368. The molecular formula is C20H18FN3O2S. The van der Waals surface area contributed by atoms with Gasteiger partial charge in [-0.25, -0.2) is 9.37 Å². The van der Waals surface area contributed by atoms with Crippen LogP contribution >= 0.6 is 12.2 Å². The Balaban J connectivity index is 1.61. The third kappa shape index (κ3) is 5.39. The Morgan fingerprint density at radius 1 is 1.07 bits per heavy atom. The summed E-state index contributed by atoms with van der Waals surface area (Å²) in [7, 11) is 1.62. The van der Waals surface area contributed by atoms with Crippen LogP contribution in [0.1, 0.15) is 5.56 Å². The molecule has 0 aliphatic heterocycles. The molecule has 3 aromatic rings. The van der Waals surface area contributed by atoms with Gasteiger partial charge in [-0.2, -0.15) is 0 Å². The van der Waals surface area contributed by atoms with Gasteiger partial charge in [-0.3, -0.25) is 0 Å². The number of hydrogen-bond donors (Lipinski definition) is 2. The second-order valence-electron chi connectivity index (χ2n) is 5.56. The van der Waals surface area contributed by atoms with Gasteiger partial charge in [-0.05, 0) is 54.7 Å². The Labute approximate surface area is 162 Å². The Morgan fingerprint density at radius 3 is 2.63 bits per heavy atom. The van der Waals surface area contributed by atoms with Crippen LogP contribution in [0.3, 0.4) is 0 Å². The van der Waals surface area contributed by atoms with Gasteiger partial charge in [0.1, 0.15) is 17.3 Å². The monoisotopic (exact) mass is 383 g/mol. The summed E-state index contributed by atoms with van der Waals surface area (Å²) in [5, 5.41) is 6.66. The van der Waals surface area contributed by atoms with Crippen LogP contribution in [0.25, 0.3) is 0 Å². The van der Waals surface area contributed by atoms with Crippen molar-refractivity contribution in [1.29, 1.82) is 0 Å². The van der Waals surface area contributed by atoms with Gasteiger partial charge in [-0.1, -0.05) is 12.1 Å². The molecule has 0 bridgehead atoms. The fraction of sp³-hybridized carbons (Fsp3) is 0.100. The number of aromatic nitrogens is 1. The third-order valence-electron chi connectivity index (χ3n) is 3.65. The molecule has 2 N–H and O–H groups in total. The Hall–Kier alpha value is -3.19. The van der Waals surface area contributed by atoms with Crippen LogP contribution in [0.2, 0.25) is 0 Å². The Bertz CT molecular complexity index is 919. The van der Waals surface area contributed by atoms with Crippen LogP contribution < -0.4 is 20.1 Å². The van der Waals surface area contributed by atoms with Crippen LogP contribution in [-0.2, 0) is 6.54 Å². The van der Waals surface area contributed by atoms with Crippen molar-refractivity contribution in [2.75, 3.05) is 12.4 Å². The van der Waals surface area contributed by atoms with E-state index in [1.165, 1.54) is 12.1 Å². The minimum Gasteiger partial charge on any atom is -0.497 e. The molecule has 5 nitrogen and oxygen atoms in total. The highest BCUT2D eigenvalue weighted by Crippen LogP contribution is 2.23. The lowest BCUT2D eigenvalue weighted by Gasteiger charge is -2.13. The Kier molecular flexibility index (Phi) is 6.17. The Morgan fingerprint density at radius 2 is 1.89 bits per heavy atom. The summed E-state index contributed by atoms with van der Waals surface area (Å²) in [6, 6.07) is 17.0. The lowest BCUT2D eigenvalue weighted by molar-refractivity contribution is 0.415. The van der Waals surface area contributed by atoms with E-state index in [1.807, 2.05) is 30.3 Å². The molecule has 0 aliphatic carbocycles. The highest BCUT2D eigenvalue weighted by Gasteiger charge is 2.08. The van der Waals surface area contributed by atoms with Crippen molar-refractivity contribution in [1.82, 2.24) is 10.3 Å². The number of nitrogens with zero attached hydrogens (tertiary/aromatic N) is 1. The molecule has 0 amide bonds. The maximum absolute atomic E-state index is 13.3. The molecule has 0 radical (unpaired) electrons. The van der Waals surface area contributed by atoms with Crippen LogP contribution in [0.4, 0.5) is 10.1 Å². The molecule has 0 fully saturated rings. The zero-order valence-electron chi connectivity index (χ0n) is 14.6. The maximum atomic E-state index is 13.3. The zero-order chi connectivity index (χ0) is 19.1. The highest BCUT2D eigenvalue weighted by molar-refractivity contribution is 7.80. The molecule has 1 heterocycles. The predicted octanol–water partition coefficient (Wildman–Crippen LogP) is 4.51. The minimum atomic E-state index is -0.368. The van der Waals surface area contributed by atoms with Crippen LogP contribution in [0, 0.1) is 5.82 Å². The van der Waals surface area contributed by atoms with Crippen LogP contribution in [-0.4, -0.2) is 17.2 Å². The summed E-state index contributed by atoms with van der Waals surface area (Å²) < 4.78 is 24.2. The van der Waals surface area contributed by atoms with Gasteiger partial charge in [0.15, 0.2) is 5.11 Å². The molecule has 1 aromatic heterocycles. The standard InChI is InChI=1S/C20H18FN3O2S/c1-25-17-9-7-16(8-10-17)24-20(27)23-13-14-4-3-11-22-19(14)26-18-6-2-5-15(21)12-18/h2-12H,13H2,1H3,(H2,23,24,27). The van der Waals surface area contributed by atoms with Crippen molar-refractivity contribution < 1.29 is 13.9 Å². The van der Waals surface area contributed by atoms with Crippen LogP contribution in [0.5, 0.6) is 17.4 Å². The molecule has 3 rings (SSSR count). The normalized spacial score (nSPS) is 10.1. The van der Waals surface area contributed by atoms with E-state index in [4.69, 9.17) is 21.7 Å². The van der Waals surface area contributed by atoms with Gasteiger partial charge in [-0.15, -0.1) is 0 Å². The van der Waals surface area contributed by atoms with Crippen molar-refractivity contribution in [3.63, 3.8) is 0 Å². The largest absolute Gasteiger partial charge is 0.497 e. The molecule has 0 saturated heterocycles. The molecule has 0 unspecified atom stereocenters. The zero-order valence-corrected chi connectivity index (χ0v) is 15.4. The van der Waals surface area contributed by atoms with Crippen LogP contribution in [0.15, 0.2) is 66.9 Å². The molecule has 0 saturated carbocycles. The number of anilines is 1. The molecule has 27 heavy (non-hydrogen) atoms. The SMILES string of the molecule is COc1ccc(NC(=S)NCc2cccnc2Oc2cccc(F)c2)cc1. The number of nitrogens with one attached hydrogen (secondary N) is 2. The number of halogens is 1. The van der Waals surface area contributed by atoms with E-state index in [-0.39, 0.29) is 5.82 Å². The van der Waals surface area contributed by atoms with Gasteiger partial charge in [0, 0.05) is 30.1 Å². The van der Waals surface area contributed by atoms with Crippen molar-refractivity contribution >= 4 is 23.0 Å². The highest BCUT2D eigenvalue weighted by atomic mass is 32.1. The van der Waals surface area contributed by atoms with Gasteiger partial charge < -0.3 is 20.1 Å². The lowest BCUT2D eigenvalue weighted by atomic mass is 10.2. The van der Waals surface area contributed by atoms with Gasteiger partial charge >= 0.3 is 0 Å². The number of pyridine rings is 1. The number of methoxy groups -OCH3 is 1. The van der Waals surface area contributed by atoms with E-state index in [0.717, 1.165) is 17.0 Å². The predicted molar refractivity (Wildman–Crippen MR) is 107 cm³/mol. The first-order valence-electron chi connectivity index (χ1n) is 8.20. The van der Waals surface area contributed by atoms with Crippen molar-refractivity contribution in [2.24, 2.45) is 0 Å². The number of thiocarbonyl (C=S) groups is 1. The van der Waals surface area contributed by atoms with Crippen molar-refractivity contribution in [3.8, 4) is 17.4 Å². The van der Waals surface area contributed by atoms with E-state index in [0.29, 0.717) is 23.3 Å². The molecule has 0 spiro atoms. The molecule has 7 heteroatoms. The number of ether oxygens (including phenoxy) is 2. The number of rotatable bonds is 6. The number of benzene rings is 2. The summed E-state index contributed by atoms with van der Waals surface area (Å²) in [6.07, 6.45) is 1.62. The molecule has 0 atom stereocenters. The second kappa shape index (κ2) is 8.95. The first kappa shape index (κ1) is 18.6. The van der Waals surface area contributed by atoms with E-state index < -0.39 is 0 Å². The van der Waals surface area contributed by atoms with Gasteiger partial charge in [0.2, 0.25) is 5.88 Å². The van der Waals surface area contributed by atoms with E-state index in [9.17, 15) is 4.39 Å². The van der Waals surface area contributed by atoms with E-state index >= 15 is 0 Å². The summed E-state index contributed by atoms with van der Waals surface area (Å²) in [5.41, 5.74) is 1.64. The third-order valence-corrected chi connectivity index (χ3v) is 3.89. The average molecular weight is 383 g/mol. The van der Waals surface area contributed by atoms with Gasteiger partial charge in [0.25, 0.3) is 0 Å².